The number of aliphatic hydroxyl groups is 1. The highest BCUT2D eigenvalue weighted by molar-refractivity contribution is 5.90. The van der Waals surface area contributed by atoms with Crippen LogP contribution in [-0.4, -0.2) is 38.4 Å². The molecule has 0 saturated carbocycles. The van der Waals surface area contributed by atoms with E-state index < -0.39 is 6.10 Å². The molecule has 3 heterocycles. The number of anilines is 1. The summed E-state index contributed by atoms with van der Waals surface area (Å²) in [7, 11) is 1.85. The van der Waals surface area contributed by atoms with Crippen LogP contribution in [0, 0.1) is 0 Å². The zero-order valence-corrected chi connectivity index (χ0v) is 15.0. The number of hydrogen-bond acceptors (Lipinski definition) is 4. The van der Waals surface area contributed by atoms with E-state index in [-0.39, 0.29) is 18.0 Å². The second-order valence-corrected chi connectivity index (χ2v) is 6.94. The van der Waals surface area contributed by atoms with Crippen LogP contribution in [0.3, 0.4) is 0 Å². The summed E-state index contributed by atoms with van der Waals surface area (Å²) >= 11 is 0. The zero-order chi connectivity index (χ0) is 18.0. The number of hydrogen-bond donors (Lipinski definition) is 2. The number of aromatic nitrogens is 2. The van der Waals surface area contributed by atoms with E-state index in [2.05, 4.69) is 24.3 Å². The van der Waals surface area contributed by atoms with Crippen molar-refractivity contribution in [3.05, 3.63) is 36.0 Å². The van der Waals surface area contributed by atoms with Gasteiger partial charge in [-0.05, 0) is 30.9 Å². The Morgan fingerprint density at radius 3 is 3.00 bits per heavy atom. The minimum absolute atomic E-state index is 0.000675. The Kier molecular flexibility index (Phi) is 5.13. The van der Waals surface area contributed by atoms with Crippen molar-refractivity contribution in [2.45, 2.75) is 51.2 Å². The second kappa shape index (κ2) is 7.31. The number of aliphatic hydroxyl groups excluding tert-OH is 1. The smallest absolute Gasteiger partial charge is 0.322 e. The fourth-order valence-electron chi connectivity index (χ4n) is 3.42. The van der Waals surface area contributed by atoms with E-state index in [9.17, 15) is 9.90 Å². The fraction of sp³-hybridized carbons (Fsp3) is 0.556. The lowest BCUT2D eigenvalue weighted by molar-refractivity contribution is 0.110. The molecule has 2 N–H and O–H groups in total. The van der Waals surface area contributed by atoms with Crippen LogP contribution in [0.1, 0.15) is 56.6 Å². The molecule has 3 rings (SSSR count). The van der Waals surface area contributed by atoms with Crippen LogP contribution >= 0.6 is 0 Å². The van der Waals surface area contributed by atoms with Gasteiger partial charge in [-0.15, -0.1) is 0 Å². The molecule has 0 aliphatic carbocycles. The molecule has 2 atom stereocenters. The molecular weight excluding hydrogens is 320 g/mol. The third-order valence-corrected chi connectivity index (χ3v) is 4.65. The summed E-state index contributed by atoms with van der Waals surface area (Å²) in [6.07, 6.45) is 4.98. The maximum absolute atomic E-state index is 12.7. The number of likely N-dealkylation sites (tertiary alicyclic amines) is 1. The molecule has 7 nitrogen and oxygen atoms in total. The van der Waals surface area contributed by atoms with Gasteiger partial charge in [0.2, 0.25) is 0 Å². The third kappa shape index (κ3) is 3.87. The van der Waals surface area contributed by atoms with Gasteiger partial charge in [-0.25, -0.2) is 4.79 Å². The first-order valence-corrected chi connectivity index (χ1v) is 8.78. The summed E-state index contributed by atoms with van der Waals surface area (Å²) in [5.41, 5.74) is 1.63. The van der Waals surface area contributed by atoms with Gasteiger partial charge in [0, 0.05) is 32.3 Å². The Morgan fingerprint density at radius 1 is 1.52 bits per heavy atom. The van der Waals surface area contributed by atoms with Crippen LogP contribution in [0.5, 0.6) is 0 Å². The summed E-state index contributed by atoms with van der Waals surface area (Å²) in [5, 5.41) is 17.7. The molecule has 2 aromatic heterocycles. The summed E-state index contributed by atoms with van der Waals surface area (Å²) < 4.78 is 6.98. The van der Waals surface area contributed by atoms with Crippen LogP contribution in [-0.2, 0) is 7.05 Å². The molecule has 0 unspecified atom stereocenters. The highest BCUT2D eigenvalue weighted by atomic mass is 16.4. The SMILES string of the molecule is CC(C)c1nn(C)cc1NC(=O)N1CCC[C@@H]1C[C@@H](O)c1ccco1. The Morgan fingerprint density at radius 2 is 2.32 bits per heavy atom. The molecule has 1 aliphatic rings. The van der Waals surface area contributed by atoms with Gasteiger partial charge in [0.05, 0.1) is 17.6 Å². The summed E-state index contributed by atoms with van der Waals surface area (Å²) in [6.45, 7) is 4.80. The second-order valence-electron chi connectivity index (χ2n) is 6.94. The fourth-order valence-corrected chi connectivity index (χ4v) is 3.42. The lowest BCUT2D eigenvalue weighted by atomic mass is 10.1. The summed E-state index contributed by atoms with van der Waals surface area (Å²) in [6, 6.07) is 3.38. The number of carbonyl (C=O) groups excluding carboxylic acids is 1. The molecule has 2 amide bonds. The zero-order valence-electron chi connectivity index (χ0n) is 15.0. The minimum Gasteiger partial charge on any atom is -0.467 e. The standard InChI is InChI=1S/C18H26N4O3/c1-12(2)17-14(11-21(3)20-17)19-18(24)22-8-4-6-13(22)10-15(23)16-7-5-9-25-16/h5,7,9,11-13,15,23H,4,6,8,10H2,1-3H3,(H,19,24)/t13-,15-/m1/s1. The van der Waals surface area contributed by atoms with Gasteiger partial charge < -0.3 is 19.7 Å². The van der Waals surface area contributed by atoms with Crippen molar-refractivity contribution in [2.24, 2.45) is 7.05 Å². The topological polar surface area (TPSA) is 83.5 Å². The first-order chi connectivity index (χ1) is 12.0. The van der Waals surface area contributed by atoms with Crippen molar-refractivity contribution in [2.75, 3.05) is 11.9 Å². The van der Waals surface area contributed by atoms with E-state index in [1.54, 1.807) is 23.1 Å². The number of urea groups is 1. The summed E-state index contributed by atoms with van der Waals surface area (Å²) in [4.78, 5) is 14.6. The lowest BCUT2D eigenvalue weighted by Gasteiger charge is -2.26. The number of amides is 2. The first-order valence-electron chi connectivity index (χ1n) is 8.78. The number of furan rings is 1. The normalized spacial score (nSPS) is 18.8. The van der Waals surface area contributed by atoms with Crippen molar-refractivity contribution in [3.8, 4) is 0 Å². The average molecular weight is 346 g/mol. The Balaban J connectivity index is 1.67. The maximum atomic E-state index is 12.7. The van der Waals surface area contributed by atoms with E-state index in [0.717, 1.165) is 24.2 Å². The average Bonchev–Trinajstić information content (AvgIpc) is 3.27. The Labute approximate surface area is 147 Å². The monoisotopic (exact) mass is 346 g/mol. The van der Waals surface area contributed by atoms with Gasteiger partial charge in [-0.2, -0.15) is 5.10 Å². The Bertz CT molecular complexity index is 708. The molecule has 136 valence electrons. The number of nitrogens with zero attached hydrogens (tertiary/aromatic N) is 3. The van der Waals surface area contributed by atoms with Crippen molar-refractivity contribution >= 4 is 11.7 Å². The highest BCUT2D eigenvalue weighted by Crippen LogP contribution is 2.29. The van der Waals surface area contributed by atoms with Crippen LogP contribution in [0.2, 0.25) is 0 Å². The predicted octanol–water partition coefficient (Wildman–Crippen LogP) is 3.26. The highest BCUT2D eigenvalue weighted by Gasteiger charge is 2.32. The van der Waals surface area contributed by atoms with Crippen LogP contribution < -0.4 is 5.32 Å². The molecule has 1 aliphatic heterocycles. The molecule has 1 saturated heterocycles. The van der Waals surface area contributed by atoms with E-state index in [1.165, 1.54) is 0 Å². The van der Waals surface area contributed by atoms with Crippen molar-refractivity contribution in [1.82, 2.24) is 14.7 Å². The van der Waals surface area contributed by atoms with Crippen LogP contribution in [0.4, 0.5) is 10.5 Å². The van der Waals surface area contributed by atoms with E-state index in [0.29, 0.717) is 18.7 Å². The van der Waals surface area contributed by atoms with Crippen molar-refractivity contribution in [3.63, 3.8) is 0 Å². The molecule has 25 heavy (non-hydrogen) atoms. The van der Waals surface area contributed by atoms with E-state index in [1.807, 2.05) is 18.1 Å². The predicted molar refractivity (Wildman–Crippen MR) is 94.3 cm³/mol. The minimum atomic E-state index is -0.696. The van der Waals surface area contributed by atoms with Crippen LogP contribution in [0.15, 0.2) is 29.0 Å². The van der Waals surface area contributed by atoms with Crippen LogP contribution in [0.25, 0.3) is 0 Å². The van der Waals surface area contributed by atoms with Gasteiger partial charge in [-0.1, -0.05) is 13.8 Å². The Hall–Kier alpha value is -2.28. The molecule has 1 fully saturated rings. The third-order valence-electron chi connectivity index (χ3n) is 4.65. The number of carbonyl (C=O) groups is 1. The van der Waals surface area contributed by atoms with Gasteiger partial charge in [0.25, 0.3) is 0 Å². The largest absolute Gasteiger partial charge is 0.467 e. The summed E-state index contributed by atoms with van der Waals surface area (Å²) in [5.74, 6) is 0.772. The van der Waals surface area contributed by atoms with Gasteiger partial charge >= 0.3 is 6.03 Å². The van der Waals surface area contributed by atoms with E-state index in [4.69, 9.17) is 4.42 Å². The van der Waals surface area contributed by atoms with Gasteiger partial charge in [0.15, 0.2) is 0 Å². The van der Waals surface area contributed by atoms with Crippen molar-refractivity contribution in [1.29, 1.82) is 0 Å². The molecule has 2 aromatic rings. The molecular formula is C18H26N4O3. The molecule has 0 bridgehead atoms. The van der Waals surface area contributed by atoms with E-state index >= 15 is 0 Å². The molecule has 0 aromatic carbocycles. The molecule has 7 heteroatoms. The number of nitrogens with one attached hydrogen (secondary N) is 1. The number of aryl methyl sites for hydroxylation is 1. The van der Waals surface area contributed by atoms with Crippen molar-refractivity contribution < 1.29 is 14.3 Å². The van der Waals surface area contributed by atoms with Gasteiger partial charge in [-0.3, -0.25) is 4.68 Å². The molecule has 0 spiro atoms. The lowest BCUT2D eigenvalue weighted by Crippen LogP contribution is -2.39. The number of rotatable bonds is 5. The quantitative estimate of drug-likeness (QED) is 0.870. The molecule has 0 radical (unpaired) electrons. The first kappa shape index (κ1) is 17.5. The van der Waals surface area contributed by atoms with Gasteiger partial charge in [0.1, 0.15) is 11.9 Å². The maximum Gasteiger partial charge on any atom is 0.322 e.